The lowest BCUT2D eigenvalue weighted by Gasteiger charge is -2.17. The molecule has 0 aliphatic heterocycles. The Kier molecular flexibility index (Phi) is 4.67. The van der Waals surface area contributed by atoms with Gasteiger partial charge in [-0.15, -0.1) is 6.58 Å². The Morgan fingerprint density at radius 3 is 2.50 bits per heavy atom. The molecule has 4 nitrogen and oxygen atoms in total. The van der Waals surface area contributed by atoms with Gasteiger partial charge in [0, 0.05) is 0 Å². The van der Waals surface area contributed by atoms with Crippen molar-refractivity contribution < 1.29 is 13.3 Å². The average Bonchev–Trinajstić information content (AvgIpc) is 2.24. The number of hydrogen-bond acceptors (Lipinski definition) is 3. The van der Waals surface area contributed by atoms with Gasteiger partial charge in [0.25, 0.3) is 0 Å². The molecule has 0 saturated carbocycles. The fourth-order valence-electron chi connectivity index (χ4n) is 1.11. The van der Waals surface area contributed by atoms with Crippen molar-refractivity contribution in [2.45, 2.75) is 6.61 Å². The highest BCUT2D eigenvalue weighted by atomic mass is 32.2. The van der Waals surface area contributed by atoms with E-state index in [1.54, 1.807) is 0 Å². The lowest BCUT2D eigenvalue weighted by atomic mass is 10.2. The van der Waals surface area contributed by atoms with Gasteiger partial charge < -0.3 is 0 Å². The first-order chi connectivity index (χ1) is 7.54. The minimum Gasteiger partial charge on any atom is -0.279 e. The molecule has 1 rings (SSSR count). The molecule has 0 aromatic heterocycles. The van der Waals surface area contributed by atoms with Crippen molar-refractivity contribution in [2.75, 3.05) is 12.8 Å². The van der Waals surface area contributed by atoms with Crippen molar-refractivity contribution in [3.63, 3.8) is 0 Å². The van der Waals surface area contributed by atoms with E-state index in [0.29, 0.717) is 0 Å². The van der Waals surface area contributed by atoms with Crippen LogP contribution in [-0.2, 0) is 21.5 Å². The highest BCUT2D eigenvalue weighted by molar-refractivity contribution is 7.88. The Morgan fingerprint density at radius 1 is 1.38 bits per heavy atom. The maximum absolute atomic E-state index is 11.3. The second-order valence-corrected chi connectivity index (χ2v) is 5.17. The van der Waals surface area contributed by atoms with Gasteiger partial charge in [-0.3, -0.25) is 4.84 Å². The highest BCUT2D eigenvalue weighted by Gasteiger charge is 2.15. The zero-order valence-electron chi connectivity index (χ0n) is 9.17. The van der Waals surface area contributed by atoms with E-state index >= 15 is 0 Å². The summed E-state index contributed by atoms with van der Waals surface area (Å²) >= 11 is 0. The van der Waals surface area contributed by atoms with E-state index in [9.17, 15) is 8.42 Å². The van der Waals surface area contributed by atoms with Crippen LogP contribution in [0.15, 0.2) is 43.0 Å². The van der Waals surface area contributed by atoms with Crippen LogP contribution in [0.2, 0.25) is 0 Å². The monoisotopic (exact) mass is 241 g/mol. The van der Waals surface area contributed by atoms with Crippen LogP contribution in [0.3, 0.4) is 0 Å². The quantitative estimate of drug-likeness (QED) is 0.561. The van der Waals surface area contributed by atoms with Crippen molar-refractivity contribution in [3.05, 3.63) is 48.6 Å². The second-order valence-electron chi connectivity index (χ2n) is 3.30. The Morgan fingerprint density at radius 2 is 2.00 bits per heavy atom. The number of hydrogen-bond donors (Lipinski definition) is 0. The summed E-state index contributed by atoms with van der Waals surface area (Å²) in [4.78, 5) is 5.21. The van der Waals surface area contributed by atoms with E-state index in [1.165, 1.54) is 6.08 Å². The summed E-state index contributed by atoms with van der Waals surface area (Å²) in [7, 11) is -3.36. The SMILES string of the molecule is C=CCN(OCc1ccccc1)S(C)(=O)=O. The first-order valence-corrected chi connectivity index (χ1v) is 6.64. The molecule has 0 fully saturated rings. The summed E-state index contributed by atoms with van der Waals surface area (Å²) in [6.45, 7) is 3.85. The largest absolute Gasteiger partial charge is 0.279 e. The van der Waals surface area contributed by atoms with Crippen LogP contribution in [0.1, 0.15) is 5.56 Å². The van der Waals surface area contributed by atoms with Crippen LogP contribution >= 0.6 is 0 Å². The Hall–Kier alpha value is -1.17. The van der Waals surface area contributed by atoms with Crippen molar-refractivity contribution in [2.24, 2.45) is 0 Å². The molecule has 1 aromatic rings. The van der Waals surface area contributed by atoms with Crippen molar-refractivity contribution in [3.8, 4) is 0 Å². The van der Waals surface area contributed by atoms with Gasteiger partial charge in [-0.2, -0.15) is 0 Å². The van der Waals surface area contributed by atoms with Crippen LogP contribution in [0.25, 0.3) is 0 Å². The van der Waals surface area contributed by atoms with Crippen molar-refractivity contribution in [1.29, 1.82) is 0 Å². The molecule has 0 bridgehead atoms. The van der Waals surface area contributed by atoms with E-state index in [2.05, 4.69) is 6.58 Å². The summed E-state index contributed by atoms with van der Waals surface area (Å²) < 4.78 is 23.5. The summed E-state index contributed by atoms with van der Waals surface area (Å²) in [6.07, 6.45) is 2.58. The number of rotatable bonds is 6. The summed E-state index contributed by atoms with van der Waals surface area (Å²) in [5, 5.41) is 0. The van der Waals surface area contributed by atoms with E-state index in [4.69, 9.17) is 4.84 Å². The molecule has 0 spiro atoms. The zero-order valence-corrected chi connectivity index (χ0v) is 9.98. The number of benzene rings is 1. The highest BCUT2D eigenvalue weighted by Crippen LogP contribution is 2.06. The Balaban J connectivity index is 2.61. The first-order valence-electron chi connectivity index (χ1n) is 4.79. The topological polar surface area (TPSA) is 46.6 Å². The van der Waals surface area contributed by atoms with Gasteiger partial charge in [0.05, 0.1) is 19.4 Å². The normalized spacial score (nSPS) is 11.6. The van der Waals surface area contributed by atoms with Gasteiger partial charge in [0.2, 0.25) is 10.0 Å². The zero-order chi connectivity index (χ0) is 12.0. The predicted molar refractivity (Wildman–Crippen MR) is 63.0 cm³/mol. The van der Waals surface area contributed by atoms with Crippen molar-refractivity contribution >= 4 is 10.0 Å². The van der Waals surface area contributed by atoms with E-state index < -0.39 is 10.0 Å². The molecule has 0 aliphatic carbocycles. The predicted octanol–water partition coefficient (Wildman–Crippen LogP) is 1.57. The van der Waals surface area contributed by atoms with Crippen LogP contribution in [0, 0.1) is 0 Å². The molecule has 0 heterocycles. The second kappa shape index (κ2) is 5.79. The van der Waals surface area contributed by atoms with Gasteiger partial charge in [-0.05, 0) is 5.56 Å². The number of hydroxylamine groups is 1. The molecule has 5 heteroatoms. The molecule has 88 valence electrons. The standard InChI is InChI=1S/C11H15NO3S/c1-3-9-12(16(2,13)14)15-10-11-7-5-4-6-8-11/h3-8H,1,9-10H2,2H3. The van der Waals surface area contributed by atoms with Gasteiger partial charge in [0.15, 0.2) is 0 Å². The fourth-order valence-corrected chi connectivity index (χ4v) is 1.73. The summed E-state index contributed by atoms with van der Waals surface area (Å²) in [5.74, 6) is 0. The molecule has 0 unspecified atom stereocenters. The molecule has 0 N–H and O–H groups in total. The summed E-state index contributed by atoms with van der Waals surface area (Å²) in [5.41, 5.74) is 0.917. The Labute approximate surface area is 96.2 Å². The molecule has 0 radical (unpaired) electrons. The maximum atomic E-state index is 11.3. The molecule has 0 aliphatic rings. The fraction of sp³-hybridized carbons (Fsp3) is 0.273. The summed E-state index contributed by atoms with van der Waals surface area (Å²) in [6, 6.07) is 9.37. The number of nitrogens with zero attached hydrogens (tertiary/aromatic N) is 1. The minimum atomic E-state index is -3.36. The molecule has 0 saturated heterocycles. The van der Waals surface area contributed by atoms with E-state index in [1.807, 2.05) is 30.3 Å². The van der Waals surface area contributed by atoms with Crippen LogP contribution in [0.4, 0.5) is 0 Å². The molecule has 0 atom stereocenters. The van der Waals surface area contributed by atoms with E-state index in [-0.39, 0.29) is 13.2 Å². The van der Waals surface area contributed by atoms with Crippen LogP contribution < -0.4 is 0 Å². The molecular weight excluding hydrogens is 226 g/mol. The van der Waals surface area contributed by atoms with Gasteiger partial charge in [-0.25, -0.2) is 8.42 Å². The van der Waals surface area contributed by atoms with Crippen molar-refractivity contribution in [1.82, 2.24) is 4.47 Å². The Bertz CT molecular complexity index is 428. The third-order valence-corrected chi connectivity index (χ3v) is 2.86. The number of sulfonamides is 1. The van der Waals surface area contributed by atoms with Gasteiger partial charge in [0.1, 0.15) is 0 Å². The third kappa shape index (κ3) is 4.14. The average molecular weight is 241 g/mol. The smallest absolute Gasteiger partial charge is 0.233 e. The maximum Gasteiger partial charge on any atom is 0.233 e. The van der Waals surface area contributed by atoms with Crippen LogP contribution in [-0.4, -0.2) is 25.7 Å². The minimum absolute atomic E-state index is 0.145. The lowest BCUT2D eigenvalue weighted by molar-refractivity contribution is -0.0876. The lowest BCUT2D eigenvalue weighted by Crippen LogP contribution is -2.30. The molecule has 16 heavy (non-hydrogen) atoms. The molecule has 0 amide bonds. The van der Waals surface area contributed by atoms with Crippen LogP contribution in [0.5, 0.6) is 0 Å². The van der Waals surface area contributed by atoms with Gasteiger partial charge in [-0.1, -0.05) is 40.9 Å². The van der Waals surface area contributed by atoms with Gasteiger partial charge >= 0.3 is 0 Å². The van der Waals surface area contributed by atoms with E-state index in [0.717, 1.165) is 16.3 Å². The third-order valence-electron chi connectivity index (χ3n) is 1.87. The first kappa shape index (κ1) is 12.9. The molecule has 1 aromatic carbocycles. The molecular formula is C11H15NO3S.